The van der Waals surface area contributed by atoms with Crippen molar-refractivity contribution in [3.05, 3.63) is 54.1 Å². The van der Waals surface area contributed by atoms with Crippen LogP contribution in [0.5, 0.6) is 0 Å². The number of nitrogens with zero attached hydrogens (tertiary/aromatic N) is 1. The number of aromatic nitrogens is 1. The molecule has 4 heteroatoms. The van der Waals surface area contributed by atoms with E-state index in [2.05, 4.69) is 29.4 Å². The third-order valence-electron chi connectivity index (χ3n) is 2.91. The van der Waals surface area contributed by atoms with Crippen molar-refractivity contribution >= 4 is 22.8 Å². The Morgan fingerprint density at radius 2 is 1.40 bits per heavy atom. The van der Waals surface area contributed by atoms with E-state index in [0.29, 0.717) is 6.01 Å². The molecule has 1 radical (unpaired) electrons. The summed E-state index contributed by atoms with van der Waals surface area (Å²) in [6, 6.07) is 16.5. The molecule has 1 aromatic heterocycles. The molecule has 3 aromatic rings. The minimum Gasteiger partial charge on any atom is -0.423 e. The van der Waals surface area contributed by atoms with Crippen molar-refractivity contribution in [2.24, 2.45) is 0 Å². The van der Waals surface area contributed by atoms with Gasteiger partial charge < -0.3 is 9.73 Å². The van der Waals surface area contributed by atoms with Crippen molar-refractivity contribution in [3.8, 4) is 0 Å². The number of nitrogens with one attached hydrogen (secondary N) is 1. The molecular formula is C21H32N2OY. The molecule has 0 amide bonds. The predicted molar refractivity (Wildman–Crippen MR) is 107 cm³/mol. The summed E-state index contributed by atoms with van der Waals surface area (Å²) in [6.45, 7) is 14.1. The summed E-state index contributed by atoms with van der Waals surface area (Å²) in [7, 11) is 0. The van der Waals surface area contributed by atoms with Crippen LogP contribution in [0.25, 0.3) is 11.1 Å². The Morgan fingerprint density at radius 3 is 1.92 bits per heavy atom. The Labute approximate surface area is 178 Å². The summed E-state index contributed by atoms with van der Waals surface area (Å²) < 4.78 is 5.61. The Bertz CT molecular complexity index is 630. The van der Waals surface area contributed by atoms with Crippen molar-refractivity contribution in [1.29, 1.82) is 0 Å². The number of hydrogen-bond donors (Lipinski definition) is 1. The van der Waals surface area contributed by atoms with Crippen LogP contribution in [-0.2, 0) is 39.1 Å². The molecule has 3 nitrogen and oxygen atoms in total. The van der Waals surface area contributed by atoms with E-state index >= 15 is 0 Å². The fourth-order valence-corrected chi connectivity index (χ4v) is 1.87. The van der Waals surface area contributed by atoms with Crippen LogP contribution in [0.4, 0.5) is 11.7 Å². The monoisotopic (exact) mass is 417 g/mol. The summed E-state index contributed by atoms with van der Waals surface area (Å²) in [6.07, 6.45) is 1.04. The predicted octanol–water partition coefficient (Wildman–Crippen LogP) is 7.21. The summed E-state index contributed by atoms with van der Waals surface area (Å²) in [4.78, 5) is 4.37. The maximum Gasteiger partial charge on any atom is 0.300 e. The average molecular weight is 417 g/mol. The van der Waals surface area contributed by atoms with E-state index in [9.17, 15) is 0 Å². The minimum atomic E-state index is 0. The molecule has 1 heterocycles. The van der Waals surface area contributed by atoms with Crippen molar-refractivity contribution in [2.75, 3.05) is 5.32 Å². The largest absolute Gasteiger partial charge is 0.423 e. The zero-order chi connectivity index (χ0) is 18.4. The van der Waals surface area contributed by atoms with Crippen LogP contribution in [0.2, 0.25) is 0 Å². The molecule has 0 fully saturated rings. The molecule has 25 heavy (non-hydrogen) atoms. The van der Waals surface area contributed by atoms with Gasteiger partial charge in [0.2, 0.25) is 0 Å². The Morgan fingerprint density at radius 1 is 0.840 bits per heavy atom. The van der Waals surface area contributed by atoms with Gasteiger partial charge in [0, 0.05) is 38.4 Å². The molecule has 0 aliphatic rings. The van der Waals surface area contributed by atoms with Gasteiger partial charge in [0.15, 0.2) is 5.58 Å². The second-order valence-corrected chi connectivity index (χ2v) is 4.16. The van der Waals surface area contributed by atoms with Gasteiger partial charge in [0.1, 0.15) is 5.52 Å². The van der Waals surface area contributed by atoms with Gasteiger partial charge in [-0.2, -0.15) is 4.98 Å². The summed E-state index contributed by atoms with van der Waals surface area (Å²) in [5.41, 5.74) is 3.97. The van der Waals surface area contributed by atoms with Gasteiger partial charge in [-0.25, -0.2) is 0 Å². The van der Waals surface area contributed by atoms with Gasteiger partial charge in [-0.05, 0) is 36.2 Å². The summed E-state index contributed by atoms with van der Waals surface area (Å²) in [5.74, 6) is 0. The van der Waals surface area contributed by atoms with Crippen LogP contribution in [0, 0.1) is 0 Å². The van der Waals surface area contributed by atoms with Crippen LogP contribution < -0.4 is 5.32 Å². The molecule has 3 rings (SSSR count). The normalized spacial score (nSPS) is 8.44. The van der Waals surface area contributed by atoms with Crippen molar-refractivity contribution in [3.63, 3.8) is 0 Å². The van der Waals surface area contributed by atoms with Crippen LogP contribution >= 0.6 is 0 Å². The number of anilines is 2. The molecule has 0 bridgehead atoms. The van der Waals surface area contributed by atoms with Crippen LogP contribution in [-0.4, -0.2) is 4.98 Å². The first-order valence-corrected chi connectivity index (χ1v) is 9.06. The molecule has 0 aliphatic carbocycles. The SMILES string of the molecule is CC.CC.CC.CCc1ccc(Nc2nc3ccccc3o2)cc1.[Y]. The molecule has 135 valence electrons. The third-order valence-corrected chi connectivity index (χ3v) is 2.91. The first kappa shape index (κ1) is 26.0. The molecule has 2 aromatic carbocycles. The number of benzene rings is 2. The molecule has 0 spiro atoms. The van der Waals surface area contributed by atoms with Gasteiger partial charge in [0.05, 0.1) is 0 Å². The van der Waals surface area contributed by atoms with E-state index in [1.807, 2.05) is 77.9 Å². The standard InChI is InChI=1S/C15H14N2O.3C2H6.Y/c1-2-11-7-9-12(10-8-11)16-15-17-13-5-3-4-6-14(13)18-15;3*1-2;/h3-10H,2H2,1H3,(H,16,17);3*1-2H3;. The van der Waals surface area contributed by atoms with Gasteiger partial charge in [-0.15, -0.1) is 0 Å². The first-order chi connectivity index (χ1) is 11.8. The number of aryl methyl sites for hydroxylation is 1. The van der Waals surface area contributed by atoms with Crippen LogP contribution in [0.3, 0.4) is 0 Å². The quantitative estimate of drug-likeness (QED) is 0.489. The van der Waals surface area contributed by atoms with E-state index in [-0.39, 0.29) is 32.7 Å². The number of hydrogen-bond acceptors (Lipinski definition) is 3. The number of oxazole rings is 1. The van der Waals surface area contributed by atoms with E-state index in [1.165, 1.54) is 5.56 Å². The Hall–Kier alpha value is -1.19. The number of rotatable bonds is 3. The van der Waals surface area contributed by atoms with E-state index in [1.54, 1.807) is 0 Å². The number of para-hydroxylation sites is 2. The average Bonchev–Trinajstić information content (AvgIpc) is 3.09. The first-order valence-electron chi connectivity index (χ1n) is 9.06. The molecule has 0 unspecified atom stereocenters. The van der Waals surface area contributed by atoms with Crippen molar-refractivity contribution < 1.29 is 37.1 Å². The number of fused-ring (bicyclic) bond motifs is 1. The minimum absolute atomic E-state index is 0. The van der Waals surface area contributed by atoms with E-state index < -0.39 is 0 Å². The molecule has 1 N–H and O–H groups in total. The van der Waals surface area contributed by atoms with Crippen molar-refractivity contribution in [1.82, 2.24) is 4.98 Å². The molecular weight excluding hydrogens is 385 g/mol. The summed E-state index contributed by atoms with van der Waals surface area (Å²) in [5, 5.41) is 3.17. The van der Waals surface area contributed by atoms with Gasteiger partial charge >= 0.3 is 0 Å². The van der Waals surface area contributed by atoms with Crippen molar-refractivity contribution in [2.45, 2.75) is 54.9 Å². The third kappa shape index (κ3) is 8.64. The molecule has 0 saturated carbocycles. The molecule has 0 saturated heterocycles. The van der Waals surface area contributed by atoms with E-state index in [0.717, 1.165) is 23.2 Å². The zero-order valence-corrected chi connectivity index (χ0v) is 19.6. The fourth-order valence-electron chi connectivity index (χ4n) is 1.87. The second kappa shape index (κ2) is 16.3. The smallest absolute Gasteiger partial charge is 0.300 e. The van der Waals surface area contributed by atoms with E-state index in [4.69, 9.17) is 4.42 Å². The topological polar surface area (TPSA) is 38.1 Å². The summed E-state index contributed by atoms with van der Waals surface area (Å²) >= 11 is 0. The molecule has 0 atom stereocenters. The van der Waals surface area contributed by atoms with Gasteiger partial charge in [-0.3, -0.25) is 0 Å². The maximum absolute atomic E-state index is 5.61. The van der Waals surface area contributed by atoms with Gasteiger partial charge in [-0.1, -0.05) is 72.7 Å². The van der Waals surface area contributed by atoms with Gasteiger partial charge in [0.25, 0.3) is 6.01 Å². The zero-order valence-electron chi connectivity index (χ0n) is 16.8. The Kier molecular flexibility index (Phi) is 17.0. The molecule has 0 aliphatic heterocycles. The second-order valence-electron chi connectivity index (χ2n) is 4.16. The van der Waals surface area contributed by atoms with Crippen LogP contribution in [0.1, 0.15) is 54.0 Å². The Balaban J connectivity index is 0. The van der Waals surface area contributed by atoms with Crippen LogP contribution in [0.15, 0.2) is 52.9 Å². The maximum atomic E-state index is 5.61. The fraction of sp³-hybridized carbons (Fsp3) is 0.381.